The lowest BCUT2D eigenvalue weighted by molar-refractivity contribution is -0.0454. The zero-order valence-electron chi connectivity index (χ0n) is 21.4. The lowest BCUT2D eigenvalue weighted by atomic mass is 9.70. The van der Waals surface area contributed by atoms with Gasteiger partial charge in [0.15, 0.2) is 5.03 Å². The first-order chi connectivity index (χ1) is 18.5. The lowest BCUT2D eigenvalue weighted by Crippen LogP contribution is -2.53. The molecule has 2 atom stereocenters. The van der Waals surface area contributed by atoms with Crippen molar-refractivity contribution in [3.05, 3.63) is 60.4 Å². The Morgan fingerprint density at radius 3 is 2.20 bits per heavy atom. The average molecular weight is 626 g/mol. The highest BCUT2D eigenvalue weighted by molar-refractivity contribution is 7.92. The quantitative estimate of drug-likeness (QED) is 0.379. The predicted molar refractivity (Wildman–Crippen MR) is 139 cm³/mol. The third kappa shape index (κ3) is 5.15. The number of benzene rings is 2. The van der Waals surface area contributed by atoms with Gasteiger partial charge in [-0.15, -0.1) is 0 Å². The molecule has 0 unspecified atom stereocenters. The summed E-state index contributed by atoms with van der Waals surface area (Å²) in [5.74, 6) is -1.68. The van der Waals surface area contributed by atoms with Crippen LogP contribution in [-0.4, -0.2) is 58.7 Å². The summed E-state index contributed by atoms with van der Waals surface area (Å²) in [7, 11) is -14.9. The van der Waals surface area contributed by atoms with Gasteiger partial charge in [-0.05, 0) is 48.4 Å². The number of sulfonamides is 2. The smallest absolute Gasteiger partial charge is 0.221 e. The van der Waals surface area contributed by atoms with Crippen LogP contribution in [-0.2, 0) is 30.1 Å². The SMILES string of the molecule is CC[C@]1(CNS(=O)(=O)C(F)(F)F)CCN(S(=O)(=O)c2cc3ccccc3n2S(=O)(=O)c2ccccc2F)C[C@H]1C. The zero-order chi connectivity index (χ0) is 29.7. The molecule has 0 radical (unpaired) electrons. The number of fused-ring (bicyclic) bond motifs is 1. The summed E-state index contributed by atoms with van der Waals surface area (Å²) in [4.78, 5) is -0.721. The minimum Gasteiger partial charge on any atom is -0.221 e. The second kappa shape index (κ2) is 10.4. The lowest BCUT2D eigenvalue weighted by Gasteiger charge is -2.46. The van der Waals surface area contributed by atoms with Crippen molar-refractivity contribution in [3.63, 3.8) is 0 Å². The van der Waals surface area contributed by atoms with Crippen LogP contribution in [0.2, 0.25) is 0 Å². The Bertz CT molecular complexity index is 1760. The number of nitrogens with one attached hydrogen (secondary N) is 1. The first-order valence-corrected chi connectivity index (χ1v) is 16.5. The third-order valence-corrected chi connectivity index (χ3v) is 12.4. The fourth-order valence-electron chi connectivity index (χ4n) is 5.05. The number of halogens is 4. The Kier molecular flexibility index (Phi) is 7.90. The van der Waals surface area contributed by atoms with Gasteiger partial charge in [0.2, 0.25) is 0 Å². The van der Waals surface area contributed by atoms with Gasteiger partial charge in [0, 0.05) is 25.0 Å². The Morgan fingerprint density at radius 1 is 0.975 bits per heavy atom. The molecule has 0 bridgehead atoms. The largest absolute Gasteiger partial charge is 0.511 e. The summed E-state index contributed by atoms with van der Waals surface area (Å²) in [6.45, 7) is 2.28. The van der Waals surface area contributed by atoms with E-state index >= 15 is 0 Å². The van der Waals surface area contributed by atoms with Gasteiger partial charge in [0.05, 0.1) is 5.52 Å². The molecule has 1 aromatic heterocycles. The Balaban J connectivity index is 1.73. The number of hydrogen-bond acceptors (Lipinski definition) is 6. The first-order valence-electron chi connectivity index (χ1n) is 12.1. The molecule has 1 fully saturated rings. The number of alkyl halides is 3. The van der Waals surface area contributed by atoms with Gasteiger partial charge in [-0.1, -0.05) is 44.2 Å². The highest BCUT2D eigenvalue weighted by Gasteiger charge is 2.49. The van der Waals surface area contributed by atoms with Crippen LogP contribution in [0.5, 0.6) is 0 Å². The van der Waals surface area contributed by atoms with E-state index in [1.165, 1.54) is 36.4 Å². The molecule has 2 aromatic carbocycles. The maximum absolute atomic E-state index is 14.6. The summed E-state index contributed by atoms with van der Waals surface area (Å²) >= 11 is 0. The second-order valence-corrected chi connectivity index (χ2v) is 15.1. The molecule has 16 heteroatoms. The van der Waals surface area contributed by atoms with E-state index in [1.807, 2.05) is 0 Å². The molecule has 0 aliphatic carbocycles. The van der Waals surface area contributed by atoms with Crippen LogP contribution in [0.25, 0.3) is 10.9 Å². The van der Waals surface area contributed by atoms with Gasteiger partial charge in [-0.2, -0.15) is 17.5 Å². The topological polar surface area (TPSA) is 123 Å². The van der Waals surface area contributed by atoms with Crippen LogP contribution in [0.4, 0.5) is 17.6 Å². The molecular weight excluding hydrogens is 598 g/mol. The molecule has 1 aliphatic heterocycles. The molecular formula is C24H27F4N3O6S3. The number of para-hydroxylation sites is 1. The number of aromatic nitrogens is 1. The van der Waals surface area contributed by atoms with Crippen molar-refractivity contribution >= 4 is 41.0 Å². The van der Waals surface area contributed by atoms with E-state index < -0.39 is 69.2 Å². The molecule has 0 amide bonds. The summed E-state index contributed by atoms with van der Waals surface area (Å²) < 4.78 is 135. The minimum absolute atomic E-state index is 0.00453. The molecule has 0 saturated carbocycles. The summed E-state index contributed by atoms with van der Waals surface area (Å²) in [5, 5.41) is -0.346. The minimum atomic E-state index is -5.60. The van der Waals surface area contributed by atoms with Gasteiger partial charge in [-0.3, -0.25) is 0 Å². The number of hydrogen-bond donors (Lipinski definition) is 1. The van der Waals surface area contributed by atoms with Crippen molar-refractivity contribution in [2.75, 3.05) is 19.6 Å². The normalized spacial score (nSPS) is 21.6. The predicted octanol–water partition coefficient (Wildman–Crippen LogP) is 3.88. The fraction of sp³-hybridized carbons (Fsp3) is 0.417. The van der Waals surface area contributed by atoms with Crippen LogP contribution in [0.3, 0.4) is 0 Å². The van der Waals surface area contributed by atoms with Crippen LogP contribution in [0, 0.1) is 17.2 Å². The average Bonchev–Trinajstić information content (AvgIpc) is 3.29. The van der Waals surface area contributed by atoms with E-state index in [4.69, 9.17) is 0 Å². The molecule has 0 spiro atoms. The molecule has 1 saturated heterocycles. The second-order valence-electron chi connectivity index (χ2n) is 9.74. The highest BCUT2D eigenvalue weighted by atomic mass is 32.2. The third-order valence-electron chi connectivity index (χ3n) is 7.60. The first kappa shape index (κ1) is 30.4. The van der Waals surface area contributed by atoms with E-state index in [1.54, 1.807) is 24.6 Å². The summed E-state index contributed by atoms with van der Waals surface area (Å²) in [6.07, 6.45) is 0.259. The number of piperidine rings is 1. The monoisotopic (exact) mass is 625 g/mol. The van der Waals surface area contributed by atoms with Gasteiger partial charge in [0.25, 0.3) is 20.0 Å². The zero-order valence-corrected chi connectivity index (χ0v) is 23.8. The van der Waals surface area contributed by atoms with E-state index in [2.05, 4.69) is 0 Å². The van der Waals surface area contributed by atoms with E-state index in [0.717, 1.165) is 16.4 Å². The molecule has 3 aromatic rings. The van der Waals surface area contributed by atoms with Gasteiger partial charge < -0.3 is 0 Å². The fourth-order valence-corrected chi connectivity index (χ4v) is 9.35. The Labute approximate surface area is 229 Å². The number of nitrogens with zero attached hydrogens (tertiary/aromatic N) is 2. The van der Waals surface area contributed by atoms with E-state index in [0.29, 0.717) is 3.97 Å². The van der Waals surface area contributed by atoms with Crippen LogP contribution < -0.4 is 4.72 Å². The van der Waals surface area contributed by atoms with Crippen molar-refractivity contribution in [1.82, 2.24) is 13.0 Å². The van der Waals surface area contributed by atoms with Crippen molar-refractivity contribution < 1.29 is 42.8 Å². The van der Waals surface area contributed by atoms with Crippen LogP contribution >= 0.6 is 0 Å². The molecule has 1 aliphatic rings. The van der Waals surface area contributed by atoms with Crippen LogP contribution in [0.15, 0.2) is 64.5 Å². The molecule has 40 heavy (non-hydrogen) atoms. The van der Waals surface area contributed by atoms with Crippen molar-refractivity contribution in [2.45, 2.75) is 42.1 Å². The summed E-state index contributed by atoms with van der Waals surface area (Å²) in [5.41, 5.74) is -6.47. The van der Waals surface area contributed by atoms with Gasteiger partial charge >= 0.3 is 15.5 Å². The molecule has 1 N–H and O–H groups in total. The standard InChI is InChI=1S/C24H27F4N3O6S3/c1-3-23(16-29-40(36,37)24(26,27)28)12-13-30(15-17(23)2)39(34,35)22-14-18-8-4-6-10-20(18)31(22)38(32,33)21-11-7-5-9-19(21)25/h4-11,14,17,29H,3,12-13,15-16H2,1-2H3/t17-,23-/m1/s1. The van der Waals surface area contributed by atoms with Crippen molar-refractivity contribution in [2.24, 2.45) is 11.3 Å². The molecule has 4 rings (SSSR count). The van der Waals surface area contributed by atoms with E-state index in [-0.39, 0.29) is 36.8 Å². The van der Waals surface area contributed by atoms with E-state index in [9.17, 15) is 42.8 Å². The highest BCUT2D eigenvalue weighted by Crippen LogP contribution is 2.42. The maximum atomic E-state index is 14.6. The van der Waals surface area contributed by atoms with Gasteiger partial charge in [0.1, 0.15) is 10.7 Å². The van der Waals surface area contributed by atoms with Crippen molar-refractivity contribution in [3.8, 4) is 0 Å². The number of rotatable bonds is 8. The van der Waals surface area contributed by atoms with Gasteiger partial charge in [-0.25, -0.2) is 38.3 Å². The maximum Gasteiger partial charge on any atom is 0.511 e. The summed E-state index contributed by atoms with van der Waals surface area (Å²) in [6, 6.07) is 11.7. The molecule has 220 valence electrons. The van der Waals surface area contributed by atoms with Crippen molar-refractivity contribution in [1.29, 1.82) is 0 Å². The molecule has 2 heterocycles. The Morgan fingerprint density at radius 2 is 1.60 bits per heavy atom. The molecule has 9 nitrogen and oxygen atoms in total. The van der Waals surface area contributed by atoms with Crippen LogP contribution in [0.1, 0.15) is 26.7 Å². The Hall–Kier alpha value is -2.53.